The fourth-order valence-corrected chi connectivity index (χ4v) is 3.18. The molecule has 0 saturated carbocycles. The number of hydrogen-bond acceptors (Lipinski definition) is 6. The van der Waals surface area contributed by atoms with Gasteiger partial charge >= 0.3 is 0 Å². The van der Waals surface area contributed by atoms with Crippen LogP contribution in [0.2, 0.25) is 0 Å². The lowest BCUT2D eigenvalue weighted by atomic mass is 9.98. The SMILES string of the molecule is Cc1cc(Nc2cc(-c3ccccn3)nc(NCCN(C)C)n2)ccc1C(C)C. The molecule has 0 unspecified atom stereocenters. The Balaban J connectivity index is 1.89. The highest BCUT2D eigenvalue weighted by molar-refractivity contribution is 5.65. The molecule has 2 aromatic heterocycles. The van der Waals surface area contributed by atoms with Crippen LogP contribution in [0.5, 0.6) is 0 Å². The van der Waals surface area contributed by atoms with Crippen LogP contribution >= 0.6 is 0 Å². The second-order valence-electron chi connectivity index (χ2n) is 7.76. The van der Waals surface area contributed by atoms with Crippen LogP contribution in [0.25, 0.3) is 11.4 Å². The van der Waals surface area contributed by atoms with Gasteiger partial charge in [-0.3, -0.25) is 4.98 Å². The number of pyridine rings is 1. The molecule has 6 nitrogen and oxygen atoms in total. The average molecular weight is 391 g/mol. The van der Waals surface area contributed by atoms with E-state index in [1.54, 1.807) is 6.20 Å². The Hall–Kier alpha value is -2.99. The summed E-state index contributed by atoms with van der Waals surface area (Å²) in [5.74, 6) is 1.84. The zero-order valence-corrected chi connectivity index (χ0v) is 17.9. The maximum atomic E-state index is 4.66. The van der Waals surface area contributed by atoms with Gasteiger partial charge < -0.3 is 15.5 Å². The number of aryl methyl sites for hydroxylation is 1. The van der Waals surface area contributed by atoms with Crippen molar-refractivity contribution in [2.45, 2.75) is 26.7 Å². The van der Waals surface area contributed by atoms with Crippen LogP contribution in [0.15, 0.2) is 48.7 Å². The van der Waals surface area contributed by atoms with Crippen LogP contribution in [0.4, 0.5) is 17.5 Å². The van der Waals surface area contributed by atoms with Crippen molar-refractivity contribution in [1.82, 2.24) is 19.9 Å². The van der Waals surface area contributed by atoms with Gasteiger partial charge in [-0.05, 0) is 62.3 Å². The maximum absolute atomic E-state index is 4.66. The summed E-state index contributed by atoms with van der Waals surface area (Å²) in [5, 5.41) is 6.75. The first-order valence-corrected chi connectivity index (χ1v) is 9.99. The smallest absolute Gasteiger partial charge is 0.225 e. The standard InChI is InChI=1S/C23H30N6/c1-16(2)19-10-9-18(14-17(19)3)26-22-15-21(20-8-6-7-11-24-20)27-23(28-22)25-12-13-29(4)5/h6-11,14-16H,12-13H2,1-5H3,(H2,25,26,27,28). The Morgan fingerprint density at radius 1 is 1.00 bits per heavy atom. The van der Waals surface area contributed by atoms with Gasteiger partial charge in [0.05, 0.1) is 11.4 Å². The van der Waals surface area contributed by atoms with Crippen LogP contribution in [0.1, 0.15) is 30.9 Å². The van der Waals surface area contributed by atoms with Gasteiger partial charge in [-0.25, -0.2) is 4.98 Å². The molecular weight excluding hydrogens is 360 g/mol. The third kappa shape index (κ3) is 5.74. The Morgan fingerprint density at radius 2 is 1.83 bits per heavy atom. The van der Waals surface area contributed by atoms with Crippen molar-refractivity contribution in [3.05, 3.63) is 59.8 Å². The van der Waals surface area contributed by atoms with Gasteiger partial charge in [0.15, 0.2) is 0 Å². The van der Waals surface area contributed by atoms with Crippen LogP contribution in [0.3, 0.4) is 0 Å². The summed E-state index contributed by atoms with van der Waals surface area (Å²) in [6.07, 6.45) is 1.78. The molecule has 2 heterocycles. The largest absolute Gasteiger partial charge is 0.353 e. The number of nitrogens with zero attached hydrogens (tertiary/aromatic N) is 4. The fourth-order valence-electron chi connectivity index (χ4n) is 3.18. The molecule has 0 aliphatic heterocycles. The minimum absolute atomic E-state index is 0.506. The summed E-state index contributed by atoms with van der Waals surface area (Å²) in [4.78, 5) is 15.9. The van der Waals surface area contributed by atoms with E-state index in [1.807, 2.05) is 38.4 Å². The van der Waals surface area contributed by atoms with Crippen LogP contribution < -0.4 is 10.6 Å². The van der Waals surface area contributed by atoms with Crippen molar-refractivity contribution >= 4 is 17.5 Å². The van der Waals surface area contributed by atoms with Crippen molar-refractivity contribution < 1.29 is 0 Å². The molecule has 0 aliphatic carbocycles. The average Bonchev–Trinajstić information content (AvgIpc) is 2.68. The molecule has 0 fully saturated rings. The summed E-state index contributed by atoms with van der Waals surface area (Å²) in [7, 11) is 4.09. The molecule has 3 aromatic rings. The maximum Gasteiger partial charge on any atom is 0.225 e. The van der Waals surface area contributed by atoms with Gasteiger partial charge in [0, 0.05) is 31.0 Å². The van der Waals surface area contributed by atoms with E-state index in [9.17, 15) is 0 Å². The summed E-state index contributed by atoms with van der Waals surface area (Å²) < 4.78 is 0. The fraction of sp³-hybridized carbons (Fsp3) is 0.348. The summed E-state index contributed by atoms with van der Waals surface area (Å²) >= 11 is 0. The third-order valence-electron chi connectivity index (χ3n) is 4.66. The Bertz CT molecular complexity index is 937. The summed E-state index contributed by atoms with van der Waals surface area (Å²) in [6.45, 7) is 8.24. The molecule has 0 spiro atoms. The monoisotopic (exact) mass is 390 g/mol. The molecule has 152 valence electrons. The molecule has 0 amide bonds. The molecule has 3 rings (SSSR count). The summed E-state index contributed by atoms with van der Waals surface area (Å²) in [5.41, 5.74) is 5.24. The predicted octanol–water partition coefficient (Wildman–Crippen LogP) is 4.69. The lowest BCUT2D eigenvalue weighted by Gasteiger charge is -2.15. The lowest BCUT2D eigenvalue weighted by molar-refractivity contribution is 0.425. The van der Waals surface area contributed by atoms with Crippen molar-refractivity contribution in [3.63, 3.8) is 0 Å². The van der Waals surface area contributed by atoms with E-state index >= 15 is 0 Å². The number of benzene rings is 1. The minimum atomic E-state index is 0.506. The predicted molar refractivity (Wildman–Crippen MR) is 121 cm³/mol. The summed E-state index contributed by atoms with van der Waals surface area (Å²) in [6, 6.07) is 14.2. The number of anilines is 3. The molecule has 0 radical (unpaired) electrons. The first kappa shape index (κ1) is 20.7. The Morgan fingerprint density at radius 3 is 2.48 bits per heavy atom. The number of hydrogen-bond donors (Lipinski definition) is 2. The molecular formula is C23H30N6. The van der Waals surface area contributed by atoms with Crippen molar-refractivity contribution in [3.8, 4) is 11.4 Å². The van der Waals surface area contributed by atoms with E-state index in [4.69, 9.17) is 0 Å². The molecule has 29 heavy (non-hydrogen) atoms. The molecule has 0 aliphatic rings. The van der Waals surface area contributed by atoms with Gasteiger partial charge in [0.25, 0.3) is 0 Å². The second kappa shape index (κ2) is 9.47. The van der Waals surface area contributed by atoms with E-state index in [0.717, 1.165) is 36.0 Å². The van der Waals surface area contributed by atoms with Crippen molar-refractivity contribution in [2.24, 2.45) is 0 Å². The molecule has 6 heteroatoms. The molecule has 0 bridgehead atoms. The minimum Gasteiger partial charge on any atom is -0.353 e. The molecule has 2 N–H and O–H groups in total. The number of likely N-dealkylation sites (N-methyl/N-ethyl adjacent to an activating group) is 1. The van der Waals surface area contributed by atoms with Crippen molar-refractivity contribution in [1.29, 1.82) is 0 Å². The van der Waals surface area contributed by atoms with E-state index < -0.39 is 0 Å². The Labute approximate surface area is 173 Å². The van der Waals surface area contributed by atoms with Crippen molar-refractivity contribution in [2.75, 3.05) is 37.8 Å². The zero-order chi connectivity index (χ0) is 20.8. The van der Waals surface area contributed by atoms with Crippen LogP contribution in [0, 0.1) is 6.92 Å². The third-order valence-corrected chi connectivity index (χ3v) is 4.66. The number of nitrogens with one attached hydrogen (secondary N) is 2. The highest BCUT2D eigenvalue weighted by Gasteiger charge is 2.10. The normalized spacial score (nSPS) is 11.1. The van der Waals surface area contributed by atoms with Crippen LogP contribution in [-0.4, -0.2) is 47.0 Å². The zero-order valence-electron chi connectivity index (χ0n) is 17.9. The highest BCUT2D eigenvalue weighted by atomic mass is 15.2. The molecule has 1 aromatic carbocycles. The molecule has 0 saturated heterocycles. The van der Waals surface area contributed by atoms with Gasteiger partial charge in [0.1, 0.15) is 5.82 Å². The van der Waals surface area contributed by atoms with E-state index in [-0.39, 0.29) is 0 Å². The number of aromatic nitrogens is 3. The second-order valence-corrected chi connectivity index (χ2v) is 7.76. The number of rotatable bonds is 8. The van der Waals surface area contributed by atoms with Gasteiger partial charge in [-0.15, -0.1) is 0 Å². The van der Waals surface area contributed by atoms with E-state index in [0.29, 0.717) is 11.9 Å². The first-order valence-electron chi connectivity index (χ1n) is 9.99. The quantitative estimate of drug-likeness (QED) is 0.582. The first-order chi connectivity index (χ1) is 13.9. The lowest BCUT2D eigenvalue weighted by Crippen LogP contribution is -2.21. The van der Waals surface area contributed by atoms with Gasteiger partial charge in [-0.1, -0.05) is 26.0 Å². The topological polar surface area (TPSA) is 66.0 Å². The van der Waals surface area contributed by atoms with Gasteiger partial charge in [0.2, 0.25) is 5.95 Å². The van der Waals surface area contributed by atoms with E-state index in [2.05, 4.69) is 69.5 Å². The highest BCUT2D eigenvalue weighted by Crippen LogP contribution is 2.26. The molecule has 0 atom stereocenters. The van der Waals surface area contributed by atoms with Gasteiger partial charge in [-0.2, -0.15) is 4.98 Å². The Kier molecular flexibility index (Phi) is 6.77. The van der Waals surface area contributed by atoms with Crippen LogP contribution in [-0.2, 0) is 0 Å². The van der Waals surface area contributed by atoms with E-state index in [1.165, 1.54) is 11.1 Å².